The number of benzene rings is 1. The lowest BCUT2D eigenvalue weighted by molar-refractivity contribution is -0.139. The molecule has 28 heavy (non-hydrogen) atoms. The van der Waals surface area contributed by atoms with Gasteiger partial charge in [0, 0.05) is 11.4 Å². The number of hydrogen-bond acceptors (Lipinski definition) is 6. The Morgan fingerprint density at radius 3 is 2.64 bits per heavy atom. The largest absolute Gasteiger partial charge is 0.463 e. The minimum atomic E-state index is -0.353. The van der Waals surface area contributed by atoms with E-state index in [-0.39, 0.29) is 12.0 Å². The van der Waals surface area contributed by atoms with Gasteiger partial charge in [0.2, 0.25) is 11.1 Å². The van der Waals surface area contributed by atoms with Crippen molar-refractivity contribution >= 4 is 23.7 Å². The SMILES string of the molecule is CCCCCSc1nc2n(n1)[C@H](c1ccc(C)cc1)C(C(=O)OCC)=C(C)N2. The van der Waals surface area contributed by atoms with E-state index >= 15 is 0 Å². The highest BCUT2D eigenvalue weighted by molar-refractivity contribution is 7.99. The van der Waals surface area contributed by atoms with Gasteiger partial charge in [-0.05, 0) is 32.8 Å². The lowest BCUT2D eigenvalue weighted by Gasteiger charge is -2.28. The second kappa shape index (κ2) is 9.28. The van der Waals surface area contributed by atoms with E-state index in [1.54, 1.807) is 11.8 Å². The van der Waals surface area contributed by atoms with Crippen LogP contribution in [0.25, 0.3) is 0 Å². The zero-order valence-corrected chi connectivity index (χ0v) is 17.8. The number of carbonyl (C=O) groups is 1. The van der Waals surface area contributed by atoms with Crippen LogP contribution in [0, 0.1) is 6.92 Å². The van der Waals surface area contributed by atoms with E-state index in [1.807, 2.05) is 49.7 Å². The quantitative estimate of drug-likeness (QED) is 0.393. The van der Waals surface area contributed by atoms with Gasteiger partial charge in [-0.15, -0.1) is 5.10 Å². The van der Waals surface area contributed by atoms with E-state index in [0.29, 0.717) is 18.1 Å². The Bertz CT molecular complexity index is 858. The first kappa shape index (κ1) is 20.5. The smallest absolute Gasteiger partial charge is 0.338 e. The molecule has 0 unspecified atom stereocenters. The first-order valence-corrected chi connectivity index (χ1v) is 10.8. The van der Waals surface area contributed by atoms with Crippen molar-refractivity contribution in [1.82, 2.24) is 14.8 Å². The number of unbranched alkanes of at least 4 members (excludes halogenated alkanes) is 2. The third-order valence-electron chi connectivity index (χ3n) is 4.70. The molecular formula is C21H28N4O2S. The second-order valence-corrected chi connectivity index (χ2v) is 7.98. The number of aryl methyl sites for hydroxylation is 1. The van der Waals surface area contributed by atoms with E-state index in [9.17, 15) is 4.79 Å². The van der Waals surface area contributed by atoms with Crippen molar-refractivity contribution in [3.63, 3.8) is 0 Å². The van der Waals surface area contributed by atoms with Crippen molar-refractivity contribution in [3.8, 4) is 0 Å². The Morgan fingerprint density at radius 2 is 1.96 bits per heavy atom. The van der Waals surface area contributed by atoms with Gasteiger partial charge in [-0.2, -0.15) is 4.98 Å². The molecule has 0 fully saturated rings. The average molecular weight is 401 g/mol. The van der Waals surface area contributed by atoms with E-state index in [4.69, 9.17) is 9.84 Å². The molecule has 150 valence electrons. The van der Waals surface area contributed by atoms with Crippen molar-refractivity contribution in [3.05, 3.63) is 46.7 Å². The molecular weight excluding hydrogens is 372 g/mol. The van der Waals surface area contributed by atoms with Gasteiger partial charge >= 0.3 is 5.97 Å². The molecule has 0 aliphatic carbocycles. The number of hydrogen-bond donors (Lipinski definition) is 1. The summed E-state index contributed by atoms with van der Waals surface area (Å²) in [6, 6.07) is 7.82. The molecule has 0 radical (unpaired) electrons. The second-order valence-electron chi connectivity index (χ2n) is 6.92. The fourth-order valence-electron chi connectivity index (χ4n) is 3.24. The number of thioether (sulfide) groups is 1. The van der Waals surface area contributed by atoms with Crippen molar-refractivity contribution in [2.45, 2.75) is 58.2 Å². The summed E-state index contributed by atoms with van der Waals surface area (Å²) in [6.07, 6.45) is 3.54. The van der Waals surface area contributed by atoms with Gasteiger partial charge in [-0.25, -0.2) is 9.48 Å². The zero-order chi connectivity index (χ0) is 20.1. The van der Waals surface area contributed by atoms with Crippen LogP contribution >= 0.6 is 11.8 Å². The molecule has 0 spiro atoms. The molecule has 1 aliphatic heterocycles. The molecule has 1 aromatic carbocycles. The number of aromatic nitrogens is 3. The van der Waals surface area contributed by atoms with Crippen LogP contribution in [0.2, 0.25) is 0 Å². The van der Waals surface area contributed by atoms with E-state index in [1.165, 1.54) is 18.4 Å². The highest BCUT2D eigenvalue weighted by Gasteiger charge is 2.35. The number of esters is 1. The van der Waals surface area contributed by atoms with Crippen LogP contribution in [0.1, 0.15) is 57.2 Å². The summed E-state index contributed by atoms with van der Waals surface area (Å²) >= 11 is 1.66. The maximum Gasteiger partial charge on any atom is 0.338 e. The van der Waals surface area contributed by atoms with Gasteiger partial charge in [0.05, 0.1) is 12.2 Å². The summed E-state index contributed by atoms with van der Waals surface area (Å²) in [7, 11) is 0. The highest BCUT2D eigenvalue weighted by atomic mass is 32.2. The number of nitrogens with one attached hydrogen (secondary N) is 1. The Balaban J connectivity index is 1.97. The molecule has 3 rings (SSSR count). The molecule has 2 heterocycles. The van der Waals surface area contributed by atoms with Crippen molar-refractivity contribution < 1.29 is 9.53 Å². The number of ether oxygens (including phenoxy) is 1. The topological polar surface area (TPSA) is 69.0 Å². The maximum absolute atomic E-state index is 12.7. The van der Waals surface area contributed by atoms with Crippen LogP contribution in [0.15, 0.2) is 40.7 Å². The molecule has 0 saturated carbocycles. The van der Waals surface area contributed by atoms with Crippen LogP contribution in [0.3, 0.4) is 0 Å². The van der Waals surface area contributed by atoms with Gasteiger partial charge in [0.25, 0.3) is 0 Å². The molecule has 6 nitrogen and oxygen atoms in total. The zero-order valence-electron chi connectivity index (χ0n) is 17.0. The van der Waals surface area contributed by atoms with Gasteiger partial charge in [-0.1, -0.05) is 61.4 Å². The number of carbonyl (C=O) groups excluding carboxylic acids is 1. The maximum atomic E-state index is 12.7. The van der Waals surface area contributed by atoms with Gasteiger partial charge in [-0.3, -0.25) is 0 Å². The molecule has 0 bridgehead atoms. The lowest BCUT2D eigenvalue weighted by atomic mass is 9.95. The van der Waals surface area contributed by atoms with E-state index < -0.39 is 0 Å². The molecule has 7 heteroatoms. The molecule has 0 amide bonds. The molecule has 2 aromatic rings. The van der Waals surface area contributed by atoms with Gasteiger partial charge in [0.15, 0.2) is 0 Å². The minimum Gasteiger partial charge on any atom is -0.463 e. The minimum absolute atomic E-state index is 0.323. The Hall–Kier alpha value is -2.28. The Morgan fingerprint density at radius 1 is 1.21 bits per heavy atom. The third kappa shape index (κ3) is 4.41. The number of fused-ring (bicyclic) bond motifs is 1. The van der Waals surface area contributed by atoms with Crippen LogP contribution < -0.4 is 5.32 Å². The number of anilines is 1. The number of rotatable bonds is 8. The van der Waals surface area contributed by atoms with Crippen molar-refractivity contribution in [2.75, 3.05) is 17.7 Å². The average Bonchev–Trinajstić information content (AvgIpc) is 3.07. The third-order valence-corrected chi connectivity index (χ3v) is 5.62. The summed E-state index contributed by atoms with van der Waals surface area (Å²) in [4.78, 5) is 17.4. The fraction of sp³-hybridized carbons (Fsp3) is 0.476. The van der Waals surface area contributed by atoms with Crippen LogP contribution in [-0.2, 0) is 9.53 Å². The summed E-state index contributed by atoms with van der Waals surface area (Å²) in [5, 5.41) is 8.69. The van der Waals surface area contributed by atoms with Crippen molar-refractivity contribution in [1.29, 1.82) is 0 Å². The highest BCUT2D eigenvalue weighted by Crippen LogP contribution is 2.36. The summed E-state index contributed by atoms with van der Waals surface area (Å²) in [5.74, 6) is 1.33. The van der Waals surface area contributed by atoms with Crippen LogP contribution in [0.5, 0.6) is 0 Å². The lowest BCUT2D eigenvalue weighted by Crippen LogP contribution is -2.29. The predicted octanol–water partition coefficient (Wildman–Crippen LogP) is 4.72. The van der Waals surface area contributed by atoms with E-state index in [0.717, 1.165) is 28.6 Å². The molecule has 1 N–H and O–H groups in total. The fourth-order valence-corrected chi connectivity index (χ4v) is 4.07. The number of nitrogens with zero attached hydrogens (tertiary/aromatic N) is 3. The normalized spacial score (nSPS) is 15.9. The first-order valence-electron chi connectivity index (χ1n) is 9.86. The Labute approximate surface area is 170 Å². The number of allylic oxidation sites excluding steroid dienone is 1. The van der Waals surface area contributed by atoms with Gasteiger partial charge in [0.1, 0.15) is 6.04 Å². The molecule has 1 aromatic heterocycles. The van der Waals surface area contributed by atoms with Gasteiger partial charge < -0.3 is 10.1 Å². The van der Waals surface area contributed by atoms with Crippen LogP contribution in [-0.4, -0.2) is 33.1 Å². The first-order chi connectivity index (χ1) is 13.5. The van der Waals surface area contributed by atoms with E-state index in [2.05, 4.69) is 17.2 Å². The summed E-state index contributed by atoms with van der Waals surface area (Å²) in [5.41, 5.74) is 3.49. The standard InChI is InChI=1S/C21H28N4O2S/c1-5-7-8-13-28-21-23-20-22-15(4)17(19(26)27-6-2)18(25(20)24-21)16-11-9-14(3)10-12-16/h9-12,18H,5-8,13H2,1-4H3,(H,22,23,24)/t18-/m1/s1. The monoisotopic (exact) mass is 400 g/mol. The summed E-state index contributed by atoms with van der Waals surface area (Å²) in [6.45, 7) is 8.28. The molecule has 1 aliphatic rings. The summed E-state index contributed by atoms with van der Waals surface area (Å²) < 4.78 is 7.15. The van der Waals surface area contributed by atoms with Crippen molar-refractivity contribution in [2.24, 2.45) is 0 Å². The molecule has 0 saturated heterocycles. The van der Waals surface area contributed by atoms with Crippen LogP contribution in [0.4, 0.5) is 5.95 Å². The predicted molar refractivity (Wildman–Crippen MR) is 113 cm³/mol. The molecule has 1 atom stereocenters. The Kier molecular flexibility index (Phi) is 6.78.